The summed E-state index contributed by atoms with van der Waals surface area (Å²) in [5, 5.41) is 11.1. The monoisotopic (exact) mass is 505 g/mol. The molecule has 1 aromatic carbocycles. The van der Waals surface area contributed by atoms with E-state index >= 15 is 0 Å². The summed E-state index contributed by atoms with van der Waals surface area (Å²) in [4.78, 5) is 24.8. The fourth-order valence-corrected chi connectivity index (χ4v) is 3.86. The second kappa shape index (κ2) is 9.32. The maximum Gasteiger partial charge on any atom is 0.399 e. The van der Waals surface area contributed by atoms with E-state index in [-0.39, 0.29) is 28.9 Å². The molecule has 1 unspecified atom stereocenters. The Kier molecular flexibility index (Phi) is 6.93. The quantitative estimate of drug-likeness (QED) is 0.444. The predicted octanol–water partition coefficient (Wildman–Crippen LogP) is 4.13. The largest absolute Gasteiger partial charge is 0.399 e. The third-order valence-corrected chi connectivity index (χ3v) is 6.24. The highest BCUT2D eigenvalue weighted by Gasteiger charge is 2.50. The number of hydrogen-bond donors (Lipinski definition) is 3. The Balaban J connectivity index is 1.82. The first kappa shape index (κ1) is 26.8. The number of alkyl halides is 3. The minimum absolute atomic E-state index is 0.0269. The Labute approximate surface area is 206 Å². The molecule has 0 bridgehead atoms. The van der Waals surface area contributed by atoms with E-state index in [0.29, 0.717) is 16.8 Å². The molecule has 194 valence electrons. The molecule has 12 heteroatoms. The van der Waals surface area contributed by atoms with Crippen LogP contribution in [0.2, 0.25) is 0 Å². The highest BCUT2D eigenvalue weighted by atomic mass is 19.4. The van der Waals surface area contributed by atoms with Crippen LogP contribution in [-0.2, 0) is 17.3 Å². The summed E-state index contributed by atoms with van der Waals surface area (Å²) in [6.07, 6.45) is -4.48. The molecule has 5 N–H and O–H groups in total. The smallest absolute Gasteiger partial charge is 0.383 e. The minimum Gasteiger partial charge on any atom is -0.383 e. The Morgan fingerprint density at radius 3 is 2.14 bits per heavy atom. The van der Waals surface area contributed by atoms with Gasteiger partial charge in [0.1, 0.15) is 22.5 Å². The van der Waals surface area contributed by atoms with Gasteiger partial charge >= 0.3 is 6.18 Å². The topological polar surface area (TPSA) is 134 Å². The summed E-state index contributed by atoms with van der Waals surface area (Å²) in [6.45, 7) is 7.52. The normalized spacial score (nSPS) is 13.2. The molecule has 0 radical (unpaired) electrons. The molecule has 1 atom stereocenters. The van der Waals surface area contributed by atoms with Gasteiger partial charge in [-0.2, -0.15) is 23.4 Å². The summed E-state index contributed by atoms with van der Waals surface area (Å²) in [7, 11) is 1.40. The van der Waals surface area contributed by atoms with Crippen LogP contribution in [0, 0.1) is 0 Å². The van der Waals surface area contributed by atoms with Crippen LogP contribution in [-0.4, -0.2) is 37.6 Å². The second-order valence-corrected chi connectivity index (χ2v) is 9.51. The van der Waals surface area contributed by atoms with Gasteiger partial charge in [0.15, 0.2) is 5.82 Å². The number of amides is 2. The highest BCUT2D eigenvalue weighted by Crippen LogP contribution is 2.41. The van der Waals surface area contributed by atoms with Crippen LogP contribution >= 0.6 is 0 Å². The first-order valence-corrected chi connectivity index (χ1v) is 11.3. The summed E-state index contributed by atoms with van der Waals surface area (Å²) < 4.78 is 42.9. The number of nitrogen functional groups attached to an aromatic ring is 1. The third kappa shape index (κ3) is 4.79. The predicted molar refractivity (Wildman–Crippen MR) is 130 cm³/mol. The van der Waals surface area contributed by atoms with Crippen molar-refractivity contribution in [3.05, 3.63) is 47.2 Å². The molecule has 2 amide bonds. The number of primary amides is 1. The summed E-state index contributed by atoms with van der Waals surface area (Å²) in [6, 6.07) is 7.93. The number of nitrogens with one attached hydrogen (secondary N) is 1. The lowest BCUT2D eigenvalue weighted by Gasteiger charge is -2.27. The lowest BCUT2D eigenvalue weighted by atomic mass is 9.88. The SMILES string of the molecule is CC(C(=O)Nc1cc(C(C)(C)C(F)(F)F)n(C)n1)c1ccc(-c2nn(C(C)C)c(N)c2C(N)=O)cc1. The highest BCUT2D eigenvalue weighted by molar-refractivity contribution is 6.03. The van der Waals surface area contributed by atoms with E-state index in [1.54, 1.807) is 31.2 Å². The van der Waals surface area contributed by atoms with Crippen molar-refractivity contribution < 1.29 is 22.8 Å². The lowest BCUT2D eigenvalue weighted by molar-refractivity contribution is -0.182. The summed E-state index contributed by atoms with van der Waals surface area (Å²) in [5.74, 6) is -1.58. The number of carbonyl (C=O) groups is 2. The number of halogens is 3. The molecule has 0 fully saturated rings. The molecule has 2 heterocycles. The van der Waals surface area contributed by atoms with Crippen LogP contribution in [0.1, 0.15) is 68.2 Å². The number of aryl methyl sites for hydroxylation is 1. The molecule has 0 saturated carbocycles. The van der Waals surface area contributed by atoms with Crippen molar-refractivity contribution in [1.82, 2.24) is 19.6 Å². The Morgan fingerprint density at radius 1 is 1.06 bits per heavy atom. The fraction of sp³-hybridized carbons (Fsp3) is 0.417. The van der Waals surface area contributed by atoms with Crippen LogP contribution in [0.4, 0.5) is 24.8 Å². The van der Waals surface area contributed by atoms with E-state index < -0.39 is 29.3 Å². The van der Waals surface area contributed by atoms with E-state index in [0.717, 1.165) is 18.5 Å². The van der Waals surface area contributed by atoms with Crippen molar-refractivity contribution in [2.75, 3.05) is 11.1 Å². The Hall–Kier alpha value is -3.83. The van der Waals surface area contributed by atoms with E-state index in [1.807, 2.05) is 13.8 Å². The average molecular weight is 506 g/mol. The van der Waals surface area contributed by atoms with Crippen molar-refractivity contribution in [1.29, 1.82) is 0 Å². The number of rotatable bonds is 7. The van der Waals surface area contributed by atoms with E-state index in [2.05, 4.69) is 15.5 Å². The molecule has 0 aliphatic heterocycles. The van der Waals surface area contributed by atoms with Crippen LogP contribution in [0.25, 0.3) is 11.3 Å². The first-order chi connectivity index (χ1) is 16.6. The summed E-state index contributed by atoms with van der Waals surface area (Å²) in [5.41, 5.74) is 11.1. The Bertz CT molecular complexity index is 1290. The van der Waals surface area contributed by atoms with Gasteiger partial charge in [-0.25, -0.2) is 4.68 Å². The van der Waals surface area contributed by atoms with Crippen LogP contribution in [0.3, 0.4) is 0 Å². The van der Waals surface area contributed by atoms with Crippen molar-refractivity contribution in [2.45, 2.75) is 58.2 Å². The standard InChI is InChI=1S/C24H30F3N7O2/c1-12(2)34-20(28)18(21(29)35)19(32-34)15-9-7-14(8-10-15)13(3)22(36)30-17-11-16(33(6)31-17)23(4,5)24(25,26)27/h7-13H,28H2,1-6H3,(H2,29,35)(H,30,31,36). The zero-order valence-corrected chi connectivity index (χ0v) is 20.9. The van der Waals surface area contributed by atoms with Gasteiger partial charge in [0.05, 0.1) is 11.6 Å². The van der Waals surface area contributed by atoms with Crippen molar-refractivity contribution in [3.63, 3.8) is 0 Å². The van der Waals surface area contributed by atoms with Crippen molar-refractivity contribution in [2.24, 2.45) is 12.8 Å². The molecule has 3 rings (SSSR count). The molecule has 0 saturated heterocycles. The molecule has 36 heavy (non-hydrogen) atoms. The van der Waals surface area contributed by atoms with Gasteiger partial charge in [0.25, 0.3) is 5.91 Å². The maximum absolute atomic E-state index is 13.4. The fourth-order valence-electron chi connectivity index (χ4n) is 3.86. The number of anilines is 2. The molecule has 2 aromatic heterocycles. The number of aromatic nitrogens is 4. The molecule has 3 aromatic rings. The van der Waals surface area contributed by atoms with Gasteiger partial charge in [-0.05, 0) is 40.2 Å². The second-order valence-electron chi connectivity index (χ2n) is 9.51. The van der Waals surface area contributed by atoms with Crippen LogP contribution in [0.15, 0.2) is 30.3 Å². The molecule has 0 aliphatic carbocycles. The molecule has 0 aliphatic rings. The number of nitrogens with zero attached hydrogens (tertiary/aromatic N) is 4. The maximum atomic E-state index is 13.4. The zero-order valence-electron chi connectivity index (χ0n) is 20.9. The minimum atomic E-state index is -4.48. The molecule has 0 spiro atoms. The first-order valence-electron chi connectivity index (χ1n) is 11.3. The third-order valence-electron chi connectivity index (χ3n) is 6.24. The number of carbonyl (C=O) groups excluding carboxylic acids is 2. The molecular weight excluding hydrogens is 475 g/mol. The van der Waals surface area contributed by atoms with Gasteiger partial charge in [-0.15, -0.1) is 0 Å². The number of benzene rings is 1. The summed E-state index contributed by atoms with van der Waals surface area (Å²) >= 11 is 0. The van der Waals surface area contributed by atoms with E-state index in [9.17, 15) is 22.8 Å². The van der Waals surface area contributed by atoms with E-state index in [1.165, 1.54) is 17.8 Å². The van der Waals surface area contributed by atoms with Gasteiger partial charge in [0, 0.05) is 24.7 Å². The van der Waals surface area contributed by atoms with Crippen molar-refractivity contribution in [3.8, 4) is 11.3 Å². The average Bonchev–Trinajstić information content (AvgIpc) is 3.32. The van der Waals surface area contributed by atoms with Gasteiger partial charge in [-0.3, -0.25) is 14.3 Å². The van der Waals surface area contributed by atoms with Gasteiger partial charge in [0.2, 0.25) is 5.91 Å². The number of nitrogens with two attached hydrogens (primary N) is 2. The van der Waals surface area contributed by atoms with Gasteiger partial charge < -0.3 is 16.8 Å². The number of hydrogen-bond acceptors (Lipinski definition) is 5. The van der Waals surface area contributed by atoms with Crippen molar-refractivity contribution >= 4 is 23.5 Å². The van der Waals surface area contributed by atoms with Gasteiger partial charge in [-0.1, -0.05) is 24.3 Å². The van der Waals surface area contributed by atoms with Crippen LogP contribution < -0.4 is 16.8 Å². The molecule has 9 nitrogen and oxygen atoms in total. The Morgan fingerprint density at radius 2 is 1.64 bits per heavy atom. The zero-order chi connectivity index (χ0) is 27.2. The van der Waals surface area contributed by atoms with E-state index in [4.69, 9.17) is 11.5 Å². The lowest BCUT2D eigenvalue weighted by Crippen LogP contribution is -2.38. The molecular formula is C24H30F3N7O2. The van der Waals surface area contributed by atoms with Crippen LogP contribution in [0.5, 0.6) is 0 Å².